The van der Waals surface area contributed by atoms with Gasteiger partial charge in [0.25, 0.3) is 5.78 Å². The Kier molecular flexibility index (Phi) is 4.51. The molecule has 0 aromatic heterocycles. The number of esters is 1. The summed E-state index contributed by atoms with van der Waals surface area (Å²) in [7, 11) is 2.83. The molecule has 0 saturated carbocycles. The van der Waals surface area contributed by atoms with Gasteiger partial charge in [-0.3, -0.25) is 4.79 Å². The highest BCUT2D eigenvalue weighted by Gasteiger charge is 2.25. The summed E-state index contributed by atoms with van der Waals surface area (Å²) in [5.41, 5.74) is 0.0796. The summed E-state index contributed by atoms with van der Waals surface area (Å²) < 4.78 is 14.7. The highest BCUT2D eigenvalue weighted by Crippen LogP contribution is 2.28. The van der Waals surface area contributed by atoms with Crippen LogP contribution in [-0.4, -0.2) is 32.6 Å². The second-order valence-electron chi connectivity index (χ2n) is 3.09. The summed E-state index contributed by atoms with van der Waals surface area (Å²) >= 11 is 0. The summed E-state index contributed by atoms with van der Waals surface area (Å²) in [6.07, 6.45) is 0. The number of carbonyl (C=O) groups excluding carboxylic acids is 2. The molecular weight excluding hydrogens is 224 g/mol. The molecule has 0 fully saturated rings. The first-order valence-corrected chi connectivity index (χ1v) is 5.08. The summed E-state index contributed by atoms with van der Waals surface area (Å²) in [4.78, 5) is 23.3. The van der Waals surface area contributed by atoms with Gasteiger partial charge in [-0.2, -0.15) is 0 Å². The summed E-state index contributed by atoms with van der Waals surface area (Å²) in [6.45, 7) is 1.77. The van der Waals surface area contributed by atoms with Crippen molar-refractivity contribution in [3.05, 3.63) is 23.8 Å². The van der Waals surface area contributed by atoms with Crippen molar-refractivity contribution in [2.45, 2.75) is 6.92 Å². The summed E-state index contributed by atoms with van der Waals surface area (Å²) in [6, 6.07) is 4.82. The molecule has 0 radical (unpaired) electrons. The van der Waals surface area contributed by atoms with Crippen LogP contribution in [0.1, 0.15) is 17.3 Å². The van der Waals surface area contributed by atoms with Crippen LogP contribution in [0.3, 0.4) is 0 Å². The number of hydrogen-bond acceptors (Lipinski definition) is 5. The van der Waals surface area contributed by atoms with Gasteiger partial charge in [-0.25, -0.2) is 4.79 Å². The van der Waals surface area contributed by atoms with E-state index in [1.807, 2.05) is 0 Å². The second kappa shape index (κ2) is 5.89. The third kappa shape index (κ3) is 2.75. The fraction of sp³-hybridized carbons (Fsp3) is 0.333. The minimum absolute atomic E-state index is 0.0796. The largest absolute Gasteiger partial charge is 0.496 e. The fourth-order valence-corrected chi connectivity index (χ4v) is 1.37. The molecule has 0 aliphatic heterocycles. The normalized spacial score (nSPS) is 9.59. The highest BCUT2D eigenvalue weighted by atomic mass is 16.5. The van der Waals surface area contributed by atoms with Gasteiger partial charge in [0.15, 0.2) is 0 Å². The molecule has 1 aromatic carbocycles. The molecule has 0 N–H and O–H groups in total. The maximum atomic E-state index is 11.9. The maximum Gasteiger partial charge on any atom is 0.379 e. The predicted molar refractivity (Wildman–Crippen MR) is 60.5 cm³/mol. The smallest absolute Gasteiger partial charge is 0.379 e. The van der Waals surface area contributed by atoms with E-state index in [1.54, 1.807) is 25.1 Å². The molecule has 0 heterocycles. The van der Waals surface area contributed by atoms with Crippen molar-refractivity contribution < 1.29 is 23.8 Å². The van der Waals surface area contributed by atoms with E-state index in [0.717, 1.165) is 0 Å². The van der Waals surface area contributed by atoms with E-state index in [4.69, 9.17) is 9.47 Å². The molecule has 0 aliphatic carbocycles. The Morgan fingerprint density at radius 1 is 1.12 bits per heavy atom. The lowest BCUT2D eigenvalue weighted by molar-refractivity contribution is -0.137. The zero-order valence-electron chi connectivity index (χ0n) is 9.98. The second-order valence-corrected chi connectivity index (χ2v) is 3.09. The minimum atomic E-state index is -0.921. The van der Waals surface area contributed by atoms with E-state index in [0.29, 0.717) is 0 Å². The molecule has 17 heavy (non-hydrogen) atoms. The molecule has 0 saturated heterocycles. The first kappa shape index (κ1) is 13.0. The Morgan fingerprint density at radius 2 is 1.65 bits per heavy atom. The van der Waals surface area contributed by atoms with Gasteiger partial charge in [-0.1, -0.05) is 6.07 Å². The average molecular weight is 238 g/mol. The zero-order chi connectivity index (χ0) is 12.8. The number of methoxy groups -OCH3 is 2. The third-order valence-corrected chi connectivity index (χ3v) is 2.12. The van der Waals surface area contributed by atoms with Gasteiger partial charge in [0.1, 0.15) is 17.1 Å². The molecule has 0 unspecified atom stereocenters. The van der Waals surface area contributed by atoms with Crippen LogP contribution in [0, 0.1) is 0 Å². The molecule has 0 bridgehead atoms. The molecule has 5 heteroatoms. The van der Waals surface area contributed by atoms with E-state index in [9.17, 15) is 9.59 Å². The quantitative estimate of drug-likeness (QED) is 0.441. The molecule has 5 nitrogen and oxygen atoms in total. The third-order valence-electron chi connectivity index (χ3n) is 2.12. The van der Waals surface area contributed by atoms with E-state index < -0.39 is 11.8 Å². The first-order chi connectivity index (χ1) is 8.15. The van der Waals surface area contributed by atoms with Crippen molar-refractivity contribution >= 4 is 11.8 Å². The summed E-state index contributed by atoms with van der Waals surface area (Å²) in [5, 5.41) is 0. The lowest BCUT2D eigenvalue weighted by atomic mass is 10.1. The van der Waals surface area contributed by atoms with E-state index in [2.05, 4.69) is 4.74 Å². The number of hydrogen-bond donors (Lipinski definition) is 0. The molecule has 0 spiro atoms. The van der Waals surface area contributed by atoms with Crippen molar-refractivity contribution in [2.24, 2.45) is 0 Å². The number of rotatable bonds is 5. The molecule has 0 aliphatic rings. The molecule has 0 atom stereocenters. The van der Waals surface area contributed by atoms with Crippen LogP contribution >= 0.6 is 0 Å². The standard InChI is InChI=1S/C12H14O5/c1-4-17-12(14)11(13)10-8(15-2)6-5-7-9(10)16-3/h5-7H,4H2,1-3H3. The molecule has 1 aromatic rings. The van der Waals surface area contributed by atoms with Crippen molar-refractivity contribution in [1.29, 1.82) is 0 Å². The lowest BCUT2D eigenvalue weighted by Crippen LogP contribution is -2.19. The van der Waals surface area contributed by atoms with Gasteiger partial charge in [0.05, 0.1) is 20.8 Å². The van der Waals surface area contributed by atoms with Crippen LogP contribution in [0.2, 0.25) is 0 Å². The van der Waals surface area contributed by atoms with Gasteiger partial charge in [-0.15, -0.1) is 0 Å². The average Bonchev–Trinajstić information content (AvgIpc) is 2.37. The fourth-order valence-electron chi connectivity index (χ4n) is 1.37. The molecular formula is C12H14O5. The molecule has 1 rings (SSSR count). The van der Waals surface area contributed by atoms with Crippen molar-refractivity contribution in [2.75, 3.05) is 20.8 Å². The van der Waals surface area contributed by atoms with Crippen LogP contribution in [0.5, 0.6) is 11.5 Å². The van der Waals surface area contributed by atoms with Crippen LogP contribution in [0.15, 0.2) is 18.2 Å². The Bertz CT molecular complexity index is 403. The van der Waals surface area contributed by atoms with E-state index >= 15 is 0 Å². The van der Waals surface area contributed by atoms with Gasteiger partial charge >= 0.3 is 5.97 Å². The van der Waals surface area contributed by atoms with Crippen molar-refractivity contribution in [3.8, 4) is 11.5 Å². The molecule has 0 amide bonds. The number of carbonyl (C=O) groups is 2. The zero-order valence-corrected chi connectivity index (χ0v) is 9.98. The predicted octanol–water partition coefficient (Wildman–Crippen LogP) is 1.45. The van der Waals surface area contributed by atoms with Crippen LogP contribution in [-0.2, 0) is 9.53 Å². The lowest BCUT2D eigenvalue weighted by Gasteiger charge is -2.11. The van der Waals surface area contributed by atoms with Gasteiger partial charge in [-0.05, 0) is 19.1 Å². The number of ketones is 1. The minimum Gasteiger partial charge on any atom is -0.496 e. The Labute approximate surface area is 99.3 Å². The monoisotopic (exact) mass is 238 g/mol. The van der Waals surface area contributed by atoms with Crippen LogP contribution < -0.4 is 9.47 Å². The van der Waals surface area contributed by atoms with Gasteiger partial charge in [0.2, 0.25) is 0 Å². The number of benzene rings is 1. The van der Waals surface area contributed by atoms with Gasteiger partial charge in [0, 0.05) is 0 Å². The first-order valence-electron chi connectivity index (χ1n) is 5.08. The van der Waals surface area contributed by atoms with Crippen molar-refractivity contribution in [1.82, 2.24) is 0 Å². The van der Waals surface area contributed by atoms with Gasteiger partial charge < -0.3 is 14.2 Å². The topological polar surface area (TPSA) is 61.8 Å². The Morgan fingerprint density at radius 3 is 2.06 bits per heavy atom. The highest BCUT2D eigenvalue weighted by molar-refractivity contribution is 6.42. The van der Waals surface area contributed by atoms with Crippen molar-refractivity contribution in [3.63, 3.8) is 0 Å². The van der Waals surface area contributed by atoms with E-state index in [1.165, 1.54) is 14.2 Å². The molecule has 92 valence electrons. The Balaban J connectivity index is 3.18. The summed E-state index contributed by atoms with van der Waals surface area (Å²) in [5.74, 6) is -1.14. The van der Waals surface area contributed by atoms with Crippen LogP contribution in [0.4, 0.5) is 0 Å². The number of Topliss-reactive ketones (excluding diaryl/α,β-unsaturated/α-hetero) is 1. The SMILES string of the molecule is CCOC(=O)C(=O)c1c(OC)cccc1OC. The van der Waals surface area contributed by atoms with E-state index in [-0.39, 0.29) is 23.7 Å². The Hall–Kier alpha value is -2.04. The van der Waals surface area contributed by atoms with Crippen LogP contribution in [0.25, 0.3) is 0 Å². The maximum absolute atomic E-state index is 11.9. The number of ether oxygens (including phenoxy) is 3.